The number of carbonyl (C=O) groups excluding carboxylic acids is 1. The summed E-state index contributed by atoms with van der Waals surface area (Å²) in [7, 11) is 1.84. The van der Waals surface area contributed by atoms with Crippen LogP contribution in [0.4, 0.5) is 4.79 Å². The molecular formula is C23H28N4O4. The summed E-state index contributed by atoms with van der Waals surface area (Å²) in [5, 5.41) is 28.8. The SMILES string of the molecule is CN(C(=O)N1C=NC(c2ccc(O)cc2)C1)C1CCN(Cc2cc(O)cc(O)c2)CC1. The van der Waals surface area contributed by atoms with Crippen LogP contribution in [-0.2, 0) is 6.54 Å². The molecule has 2 heterocycles. The molecule has 2 amide bonds. The lowest BCUT2D eigenvalue weighted by atomic mass is 10.0. The van der Waals surface area contributed by atoms with E-state index in [2.05, 4.69) is 9.89 Å². The number of aliphatic imine (C=N–C) groups is 1. The van der Waals surface area contributed by atoms with Crippen molar-refractivity contribution in [2.75, 3.05) is 26.7 Å². The van der Waals surface area contributed by atoms with E-state index in [1.807, 2.05) is 24.1 Å². The zero-order valence-corrected chi connectivity index (χ0v) is 17.6. The number of phenols is 3. The highest BCUT2D eigenvalue weighted by Gasteiger charge is 2.31. The van der Waals surface area contributed by atoms with E-state index in [9.17, 15) is 20.1 Å². The zero-order chi connectivity index (χ0) is 22.0. The van der Waals surface area contributed by atoms with Crippen molar-refractivity contribution in [1.82, 2.24) is 14.7 Å². The Kier molecular flexibility index (Phi) is 5.99. The van der Waals surface area contributed by atoms with Gasteiger partial charge < -0.3 is 20.2 Å². The molecule has 164 valence electrons. The molecule has 2 aromatic carbocycles. The zero-order valence-electron chi connectivity index (χ0n) is 17.6. The van der Waals surface area contributed by atoms with E-state index in [4.69, 9.17) is 0 Å². The molecule has 31 heavy (non-hydrogen) atoms. The lowest BCUT2D eigenvalue weighted by molar-refractivity contribution is 0.121. The second-order valence-corrected chi connectivity index (χ2v) is 8.28. The van der Waals surface area contributed by atoms with E-state index in [1.54, 1.807) is 35.5 Å². The number of urea groups is 1. The van der Waals surface area contributed by atoms with E-state index >= 15 is 0 Å². The number of aromatic hydroxyl groups is 3. The fraction of sp³-hybridized carbons (Fsp3) is 0.391. The molecular weight excluding hydrogens is 396 g/mol. The van der Waals surface area contributed by atoms with Crippen molar-refractivity contribution in [2.45, 2.75) is 31.5 Å². The van der Waals surface area contributed by atoms with Crippen molar-refractivity contribution in [3.05, 3.63) is 53.6 Å². The molecule has 2 aliphatic heterocycles. The highest BCUT2D eigenvalue weighted by atomic mass is 16.3. The molecule has 2 aromatic rings. The first-order valence-corrected chi connectivity index (χ1v) is 10.5. The predicted molar refractivity (Wildman–Crippen MR) is 117 cm³/mol. The third-order valence-electron chi connectivity index (χ3n) is 6.05. The third-order valence-corrected chi connectivity index (χ3v) is 6.05. The van der Waals surface area contributed by atoms with Crippen molar-refractivity contribution >= 4 is 12.4 Å². The number of hydrogen-bond donors (Lipinski definition) is 3. The minimum atomic E-state index is -0.112. The Morgan fingerprint density at radius 2 is 1.68 bits per heavy atom. The Balaban J connectivity index is 1.28. The highest BCUT2D eigenvalue weighted by Crippen LogP contribution is 2.26. The van der Waals surface area contributed by atoms with Crippen molar-refractivity contribution < 1.29 is 20.1 Å². The van der Waals surface area contributed by atoms with Gasteiger partial charge in [-0.05, 0) is 48.2 Å². The van der Waals surface area contributed by atoms with Crippen LogP contribution < -0.4 is 0 Å². The minimum absolute atomic E-state index is 0.0543. The molecule has 8 nitrogen and oxygen atoms in total. The largest absolute Gasteiger partial charge is 0.508 e. The summed E-state index contributed by atoms with van der Waals surface area (Å²) >= 11 is 0. The van der Waals surface area contributed by atoms with Crippen LogP contribution in [-0.4, -0.2) is 75.1 Å². The average Bonchev–Trinajstić information content (AvgIpc) is 3.23. The maximum absolute atomic E-state index is 13.0. The maximum Gasteiger partial charge on any atom is 0.325 e. The second kappa shape index (κ2) is 8.85. The summed E-state index contributed by atoms with van der Waals surface area (Å²) < 4.78 is 0. The van der Waals surface area contributed by atoms with Gasteiger partial charge in [0.15, 0.2) is 0 Å². The number of rotatable bonds is 4. The van der Waals surface area contributed by atoms with Gasteiger partial charge >= 0.3 is 6.03 Å². The Morgan fingerprint density at radius 3 is 2.32 bits per heavy atom. The molecule has 1 fully saturated rings. The average molecular weight is 425 g/mol. The molecule has 0 bridgehead atoms. The number of phenolic OH excluding ortho intramolecular Hbond substituents is 3. The normalized spacial score (nSPS) is 19.6. The molecule has 0 saturated carbocycles. The van der Waals surface area contributed by atoms with Gasteiger partial charge in [0, 0.05) is 38.8 Å². The lowest BCUT2D eigenvalue weighted by Crippen LogP contribution is -2.49. The molecule has 1 unspecified atom stereocenters. The summed E-state index contributed by atoms with van der Waals surface area (Å²) in [5.74, 6) is 0.340. The van der Waals surface area contributed by atoms with E-state index < -0.39 is 0 Å². The number of benzene rings is 2. The van der Waals surface area contributed by atoms with E-state index in [0.717, 1.165) is 37.1 Å². The van der Waals surface area contributed by atoms with Crippen molar-refractivity contribution in [1.29, 1.82) is 0 Å². The number of likely N-dealkylation sites (tertiary alicyclic amines) is 1. The van der Waals surface area contributed by atoms with E-state index in [-0.39, 0.29) is 35.4 Å². The molecule has 8 heteroatoms. The summed E-state index contributed by atoms with van der Waals surface area (Å²) in [4.78, 5) is 23.2. The molecule has 3 N–H and O–H groups in total. The quantitative estimate of drug-likeness (QED) is 0.701. The fourth-order valence-corrected chi connectivity index (χ4v) is 4.29. The Hall–Kier alpha value is -3.26. The predicted octanol–water partition coefficient (Wildman–Crippen LogP) is 2.90. The number of carbonyl (C=O) groups is 1. The van der Waals surface area contributed by atoms with Crippen LogP contribution in [0.1, 0.15) is 30.0 Å². The number of hydrogen-bond acceptors (Lipinski definition) is 6. The number of piperidine rings is 1. The first kappa shape index (κ1) is 21.0. The number of amides is 2. The molecule has 4 rings (SSSR count). The molecule has 0 radical (unpaired) electrons. The van der Waals surface area contributed by atoms with Gasteiger partial charge in [0.1, 0.15) is 17.2 Å². The highest BCUT2D eigenvalue weighted by molar-refractivity contribution is 5.87. The Morgan fingerprint density at radius 1 is 1.03 bits per heavy atom. The van der Waals surface area contributed by atoms with Crippen LogP contribution in [0.2, 0.25) is 0 Å². The van der Waals surface area contributed by atoms with Gasteiger partial charge in [-0.25, -0.2) is 4.79 Å². The lowest BCUT2D eigenvalue weighted by Gasteiger charge is -2.37. The maximum atomic E-state index is 13.0. The van der Waals surface area contributed by atoms with Crippen molar-refractivity contribution in [3.8, 4) is 17.2 Å². The monoisotopic (exact) mass is 424 g/mol. The third kappa shape index (κ3) is 4.91. The topological polar surface area (TPSA) is 99.8 Å². The van der Waals surface area contributed by atoms with Crippen LogP contribution in [0.15, 0.2) is 47.5 Å². The second-order valence-electron chi connectivity index (χ2n) is 8.28. The van der Waals surface area contributed by atoms with Crippen molar-refractivity contribution in [3.63, 3.8) is 0 Å². The summed E-state index contributed by atoms with van der Waals surface area (Å²) in [5.41, 5.74) is 1.84. The molecule has 0 aliphatic carbocycles. The molecule has 1 atom stereocenters. The van der Waals surface area contributed by atoms with E-state index in [1.165, 1.54) is 6.07 Å². The van der Waals surface area contributed by atoms with Gasteiger partial charge in [-0.2, -0.15) is 0 Å². The van der Waals surface area contributed by atoms with Gasteiger partial charge in [-0.3, -0.25) is 14.8 Å². The van der Waals surface area contributed by atoms with Crippen molar-refractivity contribution in [2.24, 2.45) is 4.99 Å². The number of nitrogens with zero attached hydrogens (tertiary/aromatic N) is 4. The molecule has 0 aromatic heterocycles. The smallest absolute Gasteiger partial charge is 0.325 e. The first-order chi connectivity index (χ1) is 14.9. The molecule has 0 spiro atoms. The van der Waals surface area contributed by atoms with Crippen LogP contribution in [0, 0.1) is 0 Å². The van der Waals surface area contributed by atoms with E-state index in [0.29, 0.717) is 13.1 Å². The van der Waals surface area contributed by atoms with Crippen LogP contribution >= 0.6 is 0 Å². The van der Waals surface area contributed by atoms with Gasteiger partial charge in [-0.1, -0.05) is 12.1 Å². The molecule has 1 saturated heterocycles. The van der Waals surface area contributed by atoms with Gasteiger partial charge in [0.05, 0.1) is 18.9 Å². The van der Waals surface area contributed by atoms with Gasteiger partial charge in [0.2, 0.25) is 0 Å². The summed E-state index contributed by atoms with van der Waals surface area (Å²) in [6, 6.07) is 11.6. The van der Waals surface area contributed by atoms with Crippen LogP contribution in [0.3, 0.4) is 0 Å². The van der Waals surface area contributed by atoms with Gasteiger partial charge in [0.25, 0.3) is 0 Å². The molecule has 2 aliphatic rings. The Labute approximate surface area is 181 Å². The summed E-state index contributed by atoms with van der Waals surface area (Å²) in [6.07, 6.45) is 3.33. The Bertz CT molecular complexity index is 934. The van der Waals surface area contributed by atoms with Gasteiger partial charge in [-0.15, -0.1) is 0 Å². The van der Waals surface area contributed by atoms with Crippen LogP contribution in [0.5, 0.6) is 17.2 Å². The standard InChI is InChI=1S/C23H28N4O4/c1-25(23(31)27-14-22(24-15-27)17-2-4-19(28)5-3-17)18-6-8-26(9-7-18)13-16-10-20(29)12-21(30)11-16/h2-5,10-12,15,18,22,28-30H,6-9,13-14H2,1H3. The first-order valence-electron chi connectivity index (χ1n) is 10.5. The van der Waals surface area contributed by atoms with Crippen LogP contribution in [0.25, 0.3) is 0 Å². The minimum Gasteiger partial charge on any atom is -0.508 e. The fourth-order valence-electron chi connectivity index (χ4n) is 4.29. The summed E-state index contributed by atoms with van der Waals surface area (Å²) in [6.45, 7) is 2.82.